The fourth-order valence-electron chi connectivity index (χ4n) is 8.26. The van der Waals surface area contributed by atoms with Crippen LogP contribution in [0.25, 0.3) is 56.3 Å². The number of para-hydroxylation sites is 2. The molecule has 2 heterocycles. The molecule has 0 saturated carbocycles. The van der Waals surface area contributed by atoms with Crippen molar-refractivity contribution in [2.24, 2.45) is 0 Å². The zero-order valence-electron chi connectivity index (χ0n) is 41.3. The van der Waals surface area contributed by atoms with Crippen LogP contribution in [0, 0.1) is 12.7 Å². The van der Waals surface area contributed by atoms with E-state index in [2.05, 4.69) is 50.2 Å². The van der Waals surface area contributed by atoms with Crippen molar-refractivity contribution in [3.8, 4) is 0 Å². The average Bonchev–Trinajstić information content (AvgIpc) is 3.87. The molecule has 8 aromatic rings. The molecule has 5 N–H and O–H groups in total. The van der Waals surface area contributed by atoms with E-state index in [9.17, 15) is 14.0 Å². The van der Waals surface area contributed by atoms with Gasteiger partial charge in [-0.25, -0.2) is 14.0 Å². The zero-order valence-corrected chi connectivity index (χ0v) is 44.4. The molecule has 0 fully saturated rings. The third kappa shape index (κ3) is 14.3. The summed E-state index contributed by atoms with van der Waals surface area (Å²) in [6.45, 7) is 7.24. The Morgan fingerprint density at radius 1 is 0.589 bits per heavy atom. The van der Waals surface area contributed by atoms with E-state index in [1.807, 2.05) is 117 Å². The maximum atomic E-state index is 13.8. The monoisotopic (exact) mass is 1060 g/mol. The molecule has 0 aliphatic heterocycles. The molecule has 6 aromatic carbocycles. The number of aliphatic hydroxyl groups excluding tert-OH is 1. The summed E-state index contributed by atoms with van der Waals surface area (Å²) in [6, 6.07) is 41.4. The number of quaternary nitrogens is 1. The molecule has 8 rings (SSSR count). The maximum absolute atomic E-state index is 13.8. The molecule has 8 nitrogen and oxygen atoms in total. The fourth-order valence-corrected chi connectivity index (χ4v) is 9.50. The van der Waals surface area contributed by atoms with Gasteiger partial charge in [0.15, 0.2) is 0 Å². The summed E-state index contributed by atoms with van der Waals surface area (Å²) in [5.74, 6) is -2.39. The lowest BCUT2D eigenvalue weighted by molar-refractivity contribution is -0.870. The molecule has 0 amide bonds. The van der Waals surface area contributed by atoms with Crippen molar-refractivity contribution in [2.45, 2.75) is 33.6 Å². The highest BCUT2D eigenvalue weighted by molar-refractivity contribution is 6.39. The number of aliphatic hydroxyl groups is 1. The Hall–Kier alpha value is -6.69. The second kappa shape index (κ2) is 25.3. The minimum Gasteiger partial charge on any atom is -0.478 e. The number of nitrogens with one attached hydrogen (secondary N) is 2. The van der Waals surface area contributed by atoms with E-state index in [-0.39, 0.29) is 6.61 Å². The Balaban J connectivity index is 0.000000211. The highest BCUT2D eigenvalue weighted by Crippen LogP contribution is 2.43. The number of aryl methyl sites for hydroxylation is 1. The van der Waals surface area contributed by atoms with Crippen molar-refractivity contribution in [1.82, 2.24) is 9.97 Å². The number of carboxylic acids is 2. The first-order valence-corrected chi connectivity index (χ1v) is 25.0. The van der Waals surface area contributed by atoms with Gasteiger partial charge < -0.3 is 29.8 Å². The molecule has 0 unspecified atom stereocenters. The summed E-state index contributed by atoms with van der Waals surface area (Å²) in [6.07, 6.45) is 6.68. The molecule has 0 aliphatic rings. The van der Waals surface area contributed by atoms with E-state index in [1.54, 1.807) is 12.1 Å². The molecule has 2 aromatic heterocycles. The number of aromatic nitrogens is 2. The Morgan fingerprint density at radius 3 is 1.34 bits per heavy atom. The number of carboxylic acid groups (broad SMARTS) is 2. The lowest BCUT2D eigenvalue weighted by atomic mass is 9.90. The minimum atomic E-state index is -1.01. The van der Waals surface area contributed by atoms with E-state index in [1.165, 1.54) is 18.2 Å². The van der Waals surface area contributed by atoms with Crippen molar-refractivity contribution >= 4 is 115 Å². The third-order valence-corrected chi connectivity index (χ3v) is 13.2. The SMILES string of the molecule is CC/C(=C(/c1ccc(/C=C/C(=O)O)cc1)c1[nH]c2ccccc2c1Cl)c1ccc(C)cc1Cl.CC/C(=C(/c1ccc(/C=C/C(=O)O)cc1)c1[nH]c2ccccc2c1Cl)c1ccc(F)cc1Cl.C[N+](C)(C)CCO. The average molecular weight is 1060 g/mol. The predicted octanol–water partition coefficient (Wildman–Crippen LogP) is 16.0. The maximum Gasteiger partial charge on any atom is 0.328 e. The number of benzene rings is 6. The minimum absolute atomic E-state index is 0.281. The van der Waals surface area contributed by atoms with Crippen LogP contribution in [0.15, 0.2) is 146 Å². The van der Waals surface area contributed by atoms with Gasteiger partial charge in [-0.05, 0) is 112 Å². The van der Waals surface area contributed by atoms with Crippen LogP contribution < -0.4 is 0 Å². The van der Waals surface area contributed by atoms with Crippen molar-refractivity contribution in [3.05, 3.63) is 222 Å². The number of aliphatic carboxylic acids is 2. The van der Waals surface area contributed by atoms with Gasteiger partial charge >= 0.3 is 11.9 Å². The number of hydrogen-bond donors (Lipinski definition) is 5. The van der Waals surface area contributed by atoms with Crippen LogP contribution in [0.4, 0.5) is 4.39 Å². The Bertz CT molecular complexity index is 3160. The van der Waals surface area contributed by atoms with E-state index in [4.69, 9.17) is 61.7 Å². The smallest absolute Gasteiger partial charge is 0.328 e. The van der Waals surface area contributed by atoms with Crippen LogP contribution in [-0.2, 0) is 9.59 Å². The van der Waals surface area contributed by atoms with Crippen molar-refractivity contribution in [1.29, 1.82) is 0 Å². The normalized spacial score (nSPS) is 12.3. The molecule has 73 heavy (non-hydrogen) atoms. The molecule has 0 saturated heterocycles. The van der Waals surface area contributed by atoms with Crippen LogP contribution in [0.1, 0.15) is 77.0 Å². The first-order chi connectivity index (χ1) is 34.8. The third-order valence-electron chi connectivity index (χ3n) is 11.8. The molecule has 0 atom stereocenters. The summed E-state index contributed by atoms with van der Waals surface area (Å²) in [5.41, 5.74) is 13.4. The number of H-pyrrole nitrogens is 2. The number of fused-ring (bicyclic) bond motifs is 2. The number of allylic oxidation sites excluding steroid dienone is 2. The quantitative estimate of drug-likeness (QED) is 0.0421. The number of halogens is 5. The van der Waals surface area contributed by atoms with Crippen LogP contribution in [-0.4, -0.2) is 76.0 Å². The van der Waals surface area contributed by atoms with Gasteiger partial charge in [-0.1, -0.05) is 163 Å². The van der Waals surface area contributed by atoms with Crippen molar-refractivity contribution < 1.29 is 33.8 Å². The van der Waals surface area contributed by atoms with Crippen LogP contribution in [0.3, 0.4) is 0 Å². The van der Waals surface area contributed by atoms with Gasteiger partial charge in [-0.2, -0.15) is 0 Å². The lowest BCUT2D eigenvalue weighted by Crippen LogP contribution is -2.36. The molecular weight excluding hydrogens is 1000 g/mol. The molecule has 13 heteroatoms. The predicted molar refractivity (Wildman–Crippen MR) is 303 cm³/mol. The van der Waals surface area contributed by atoms with Crippen molar-refractivity contribution in [3.63, 3.8) is 0 Å². The lowest BCUT2D eigenvalue weighted by Gasteiger charge is -2.21. The first kappa shape index (κ1) is 55.6. The van der Waals surface area contributed by atoms with Crippen LogP contribution in [0.2, 0.25) is 20.1 Å². The van der Waals surface area contributed by atoms with Gasteiger partial charge in [0.2, 0.25) is 0 Å². The number of rotatable bonds is 14. The van der Waals surface area contributed by atoms with Gasteiger partial charge in [0.25, 0.3) is 0 Å². The fraction of sp³-hybridized carbons (Fsp3) is 0.167. The standard InChI is InChI=1S/C28H23Cl2NO2.C27H20Cl2FNO2.C5H14NO/c1-3-20(21-14-8-17(2)16-23(21)29)26(19-12-9-18(10-13-19)11-15-25(32)33)28-27(30)22-6-4-5-7-24(22)31-28;1-2-19(20-13-12-18(30)15-22(20)28)25(17-10-7-16(8-11-17)9-14-24(32)33)27-26(29)21-5-3-4-6-23(21)31-27;1-6(2,3)4-5-7/h4-16,31H,3H2,1-2H3,(H,32,33);3-15,31H,2H2,1H3,(H,32,33);7H,4-5H2,1-3H3/q;;+1/b15-11+,26-20+;14-9+,25-19+;. The Kier molecular flexibility index (Phi) is 19.3. The number of carbonyl (C=O) groups is 2. The zero-order chi connectivity index (χ0) is 53.0. The Labute approximate surface area is 445 Å². The highest BCUT2D eigenvalue weighted by Gasteiger charge is 2.23. The van der Waals surface area contributed by atoms with Crippen LogP contribution in [0.5, 0.6) is 0 Å². The number of likely N-dealkylation sites (N-methyl/N-ethyl adjacent to an activating group) is 1. The van der Waals surface area contributed by atoms with Gasteiger partial charge in [0.1, 0.15) is 12.4 Å². The number of aromatic amines is 2. The van der Waals surface area contributed by atoms with Gasteiger partial charge in [0.05, 0.1) is 54.2 Å². The van der Waals surface area contributed by atoms with Crippen molar-refractivity contribution in [2.75, 3.05) is 34.3 Å². The molecule has 0 bridgehead atoms. The molecule has 0 radical (unpaired) electrons. The van der Waals surface area contributed by atoms with Gasteiger partial charge in [-0.3, -0.25) is 0 Å². The number of nitrogens with zero attached hydrogens (tertiary/aromatic N) is 1. The van der Waals surface area contributed by atoms with Crippen LogP contribution >= 0.6 is 46.4 Å². The molecule has 0 spiro atoms. The highest BCUT2D eigenvalue weighted by atomic mass is 35.5. The largest absolute Gasteiger partial charge is 0.478 e. The molecule has 376 valence electrons. The van der Waals surface area contributed by atoms with E-state index in [0.717, 1.165) is 124 Å². The summed E-state index contributed by atoms with van der Waals surface area (Å²) in [5, 5.41) is 30.3. The second-order valence-corrected chi connectivity index (χ2v) is 19.6. The number of hydrogen-bond acceptors (Lipinski definition) is 3. The second-order valence-electron chi connectivity index (χ2n) is 18.1. The molecule has 0 aliphatic carbocycles. The topological polar surface area (TPSA) is 126 Å². The van der Waals surface area contributed by atoms with Gasteiger partial charge in [-0.15, -0.1) is 0 Å². The summed E-state index contributed by atoms with van der Waals surface area (Å²) in [7, 11) is 6.16. The molecular formula is C60H57Cl4FN3O5+. The summed E-state index contributed by atoms with van der Waals surface area (Å²) >= 11 is 26.9. The first-order valence-electron chi connectivity index (χ1n) is 23.5. The van der Waals surface area contributed by atoms with E-state index < -0.39 is 17.8 Å². The van der Waals surface area contributed by atoms with Gasteiger partial charge in [0, 0.05) is 50.1 Å². The Morgan fingerprint density at radius 2 is 1.00 bits per heavy atom. The summed E-state index contributed by atoms with van der Waals surface area (Å²) < 4.78 is 14.6. The van der Waals surface area contributed by atoms with E-state index in [0.29, 0.717) is 26.5 Å². The summed E-state index contributed by atoms with van der Waals surface area (Å²) in [4.78, 5) is 28.7. The van der Waals surface area contributed by atoms with E-state index >= 15 is 0 Å².